The summed E-state index contributed by atoms with van der Waals surface area (Å²) in [6.07, 6.45) is -8.23. The van der Waals surface area contributed by atoms with Crippen LogP contribution >= 0.6 is 23.6 Å². The van der Waals surface area contributed by atoms with E-state index in [0.717, 1.165) is 11.3 Å². The van der Waals surface area contributed by atoms with Gasteiger partial charge in [0.05, 0.1) is 29.2 Å². The number of aromatic nitrogens is 1. The van der Waals surface area contributed by atoms with Crippen LogP contribution in [0, 0.1) is 3.95 Å². The van der Waals surface area contributed by atoms with Crippen LogP contribution in [0.1, 0.15) is 28.0 Å². The Balaban J connectivity index is 1.83. The number of nitrogens with two attached hydrogens (primary N) is 1. The molecule has 4 rings (SSSR count). The largest absolute Gasteiger partial charge is 0.493 e. The third-order valence-corrected chi connectivity index (χ3v) is 7.92. The molecule has 220 valence electrons. The number of aromatic hydroxyl groups is 1. The lowest BCUT2D eigenvalue weighted by Gasteiger charge is -2.25. The van der Waals surface area contributed by atoms with Gasteiger partial charge in [-0.05, 0) is 53.2 Å². The Hall–Kier alpha value is -3.20. The zero-order valence-corrected chi connectivity index (χ0v) is 23.0. The molecule has 0 spiro atoms. The Morgan fingerprint density at radius 2 is 1.66 bits per heavy atom. The Bertz CT molecular complexity index is 1470. The van der Waals surface area contributed by atoms with Gasteiger partial charge in [0.2, 0.25) is 11.8 Å². The summed E-state index contributed by atoms with van der Waals surface area (Å²) in [4.78, 5) is 13.7. The molecule has 1 aliphatic heterocycles. The van der Waals surface area contributed by atoms with Gasteiger partial charge in [-0.3, -0.25) is 14.3 Å². The van der Waals surface area contributed by atoms with Gasteiger partial charge < -0.3 is 15.6 Å². The monoisotopic (exact) mass is 617 g/mol. The van der Waals surface area contributed by atoms with Crippen molar-refractivity contribution in [2.24, 2.45) is 5.73 Å². The maximum Gasteiger partial charge on any atom is 0.416 e. The lowest BCUT2D eigenvalue weighted by Crippen LogP contribution is -2.36. The zero-order chi connectivity index (χ0) is 29.9. The molecule has 2 heterocycles. The number of primary amides is 1. The molecule has 0 aliphatic carbocycles. The minimum absolute atomic E-state index is 0.0394. The Morgan fingerprint density at radius 1 is 1.02 bits per heavy atom. The van der Waals surface area contributed by atoms with Gasteiger partial charge in [0, 0.05) is 38.2 Å². The van der Waals surface area contributed by atoms with Crippen LogP contribution in [0.5, 0.6) is 5.88 Å². The van der Waals surface area contributed by atoms with Crippen LogP contribution in [-0.4, -0.2) is 53.3 Å². The molecule has 0 radical (unpaired) electrons. The number of thiazole rings is 1. The zero-order valence-electron chi connectivity index (χ0n) is 21.4. The number of amides is 1. The van der Waals surface area contributed by atoms with Gasteiger partial charge in [-0.25, -0.2) is 0 Å². The standard InChI is InChI=1S/C27H25F6N3O3S2/c28-26(29,30)19-13-18(14-20(15-19)27(31,32)33)16-2-1-3-17(12-16)21(4-6-35-8-10-39-11-9-35)23-24(38)36(25(40)41-23)7-5-22(34)37/h1-4,12-15,38H,5-11H2,(H2,34,37). The molecule has 1 aromatic heterocycles. The predicted octanol–water partition coefficient (Wildman–Crippen LogP) is 6.33. The van der Waals surface area contributed by atoms with Crippen molar-refractivity contribution in [3.8, 4) is 17.0 Å². The molecule has 0 saturated carbocycles. The molecule has 2 aromatic carbocycles. The van der Waals surface area contributed by atoms with Gasteiger partial charge in [-0.1, -0.05) is 24.3 Å². The van der Waals surface area contributed by atoms with Crippen molar-refractivity contribution < 1.29 is 41.0 Å². The topological polar surface area (TPSA) is 80.7 Å². The molecule has 1 saturated heterocycles. The fraction of sp³-hybridized carbons (Fsp3) is 0.333. The number of benzene rings is 2. The highest BCUT2D eigenvalue weighted by Crippen LogP contribution is 2.41. The van der Waals surface area contributed by atoms with Crippen molar-refractivity contribution in [1.82, 2.24) is 9.47 Å². The van der Waals surface area contributed by atoms with Crippen molar-refractivity contribution in [3.05, 3.63) is 74.1 Å². The quantitative estimate of drug-likeness (QED) is 0.228. The molecule has 1 aliphatic rings. The van der Waals surface area contributed by atoms with Gasteiger partial charge >= 0.3 is 12.4 Å². The summed E-state index contributed by atoms with van der Waals surface area (Å²) in [6, 6.07) is 7.47. The maximum atomic E-state index is 13.5. The fourth-order valence-electron chi connectivity index (χ4n) is 4.33. The summed E-state index contributed by atoms with van der Waals surface area (Å²) >= 11 is 6.46. The minimum atomic E-state index is -4.99. The van der Waals surface area contributed by atoms with E-state index in [-0.39, 0.29) is 40.0 Å². The second kappa shape index (κ2) is 12.3. The van der Waals surface area contributed by atoms with Crippen molar-refractivity contribution in [2.75, 3.05) is 32.8 Å². The highest BCUT2D eigenvalue weighted by Gasteiger charge is 2.37. The van der Waals surface area contributed by atoms with Gasteiger partial charge in [-0.2, -0.15) is 26.3 Å². The van der Waals surface area contributed by atoms with Crippen LogP contribution in [-0.2, 0) is 28.4 Å². The number of carbonyl (C=O) groups excluding carboxylic acids is 1. The third-order valence-electron chi connectivity index (χ3n) is 6.45. The SMILES string of the molecule is NC(=O)CCn1c(O)c(C(=CCN2CCOCC2)c2cccc(-c3cc(C(F)(F)F)cc(C(F)(F)F)c3)c2)sc1=S. The number of hydrogen-bond acceptors (Lipinski definition) is 6. The summed E-state index contributed by atoms with van der Waals surface area (Å²) in [5, 5.41) is 11.1. The molecular formula is C27H25F6N3O3S2. The predicted molar refractivity (Wildman–Crippen MR) is 145 cm³/mol. The van der Waals surface area contributed by atoms with Gasteiger partial charge in [0.15, 0.2) is 3.95 Å². The molecule has 41 heavy (non-hydrogen) atoms. The fourth-order valence-corrected chi connectivity index (χ4v) is 5.73. The van der Waals surface area contributed by atoms with E-state index in [9.17, 15) is 36.2 Å². The van der Waals surface area contributed by atoms with Crippen LogP contribution in [0.25, 0.3) is 16.7 Å². The molecular weight excluding hydrogens is 592 g/mol. The van der Waals surface area contributed by atoms with E-state index in [2.05, 4.69) is 4.90 Å². The lowest BCUT2D eigenvalue weighted by atomic mass is 9.95. The van der Waals surface area contributed by atoms with E-state index in [1.807, 2.05) is 6.08 Å². The van der Waals surface area contributed by atoms with E-state index >= 15 is 0 Å². The van der Waals surface area contributed by atoms with Gasteiger partial charge in [0.25, 0.3) is 0 Å². The number of alkyl halides is 6. The normalized spacial score (nSPS) is 15.3. The average Bonchev–Trinajstić information content (AvgIpc) is 3.19. The van der Waals surface area contributed by atoms with Crippen LogP contribution in [0.2, 0.25) is 0 Å². The van der Waals surface area contributed by atoms with E-state index in [1.165, 1.54) is 22.8 Å². The third kappa shape index (κ3) is 7.56. The molecule has 14 heteroatoms. The summed E-state index contributed by atoms with van der Waals surface area (Å²) in [5.41, 5.74) is 3.18. The smallest absolute Gasteiger partial charge is 0.416 e. The van der Waals surface area contributed by atoms with E-state index in [4.69, 9.17) is 22.7 Å². The highest BCUT2D eigenvalue weighted by molar-refractivity contribution is 7.73. The van der Waals surface area contributed by atoms with Gasteiger partial charge in [-0.15, -0.1) is 11.3 Å². The maximum absolute atomic E-state index is 13.5. The minimum Gasteiger partial charge on any atom is -0.493 e. The van der Waals surface area contributed by atoms with E-state index in [1.54, 1.807) is 6.07 Å². The molecule has 3 aromatic rings. The number of ether oxygens (including phenoxy) is 1. The second-order valence-corrected chi connectivity index (χ2v) is 10.9. The van der Waals surface area contributed by atoms with Crippen LogP contribution in [0.15, 0.2) is 48.5 Å². The first-order chi connectivity index (χ1) is 19.2. The van der Waals surface area contributed by atoms with E-state index < -0.39 is 29.4 Å². The number of rotatable bonds is 8. The molecule has 1 amide bonds. The van der Waals surface area contributed by atoms with Crippen molar-refractivity contribution in [3.63, 3.8) is 0 Å². The summed E-state index contributed by atoms with van der Waals surface area (Å²) in [6.45, 7) is 2.83. The van der Waals surface area contributed by atoms with Crippen molar-refractivity contribution in [1.29, 1.82) is 0 Å². The summed E-state index contributed by atoms with van der Waals surface area (Å²) in [5.74, 6) is -0.813. The molecule has 0 bridgehead atoms. The number of halogens is 6. The van der Waals surface area contributed by atoms with Crippen LogP contribution in [0.3, 0.4) is 0 Å². The first-order valence-electron chi connectivity index (χ1n) is 12.4. The van der Waals surface area contributed by atoms with Crippen LogP contribution < -0.4 is 5.73 Å². The molecule has 0 unspecified atom stereocenters. The van der Waals surface area contributed by atoms with Crippen LogP contribution in [0.4, 0.5) is 26.3 Å². The first-order valence-corrected chi connectivity index (χ1v) is 13.6. The number of nitrogens with zero attached hydrogens (tertiary/aromatic N) is 2. The van der Waals surface area contributed by atoms with E-state index in [0.29, 0.717) is 61.0 Å². The first kappa shape index (κ1) is 30.8. The van der Waals surface area contributed by atoms with Gasteiger partial charge in [0.1, 0.15) is 0 Å². The molecule has 6 nitrogen and oxygen atoms in total. The summed E-state index contributed by atoms with van der Waals surface area (Å²) < 4.78 is 88.0. The molecule has 0 atom stereocenters. The Morgan fingerprint density at radius 3 is 2.24 bits per heavy atom. The van der Waals surface area contributed by atoms with Crippen molar-refractivity contribution in [2.45, 2.75) is 25.3 Å². The average molecular weight is 618 g/mol. The Kier molecular flexibility index (Phi) is 9.26. The number of morpholine rings is 1. The highest BCUT2D eigenvalue weighted by atomic mass is 32.1. The molecule has 3 N–H and O–H groups in total. The molecule has 1 fully saturated rings. The number of carbonyl (C=O) groups is 1. The number of hydrogen-bond donors (Lipinski definition) is 2. The second-order valence-electron chi connectivity index (χ2n) is 9.29. The summed E-state index contributed by atoms with van der Waals surface area (Å²) in [7, 11) is 0. The lowest BCUT2D eigenvalue weighted by molar-refractivity contribution is -0.143. The van der Waals surface area contributed by atoms with Crippen molar-refractivity contribution >= 4 is 35.0 Å². The Labute approximate surface area is 240 Å².